The number of hydrogen-bond acceptors (Lipinski definition) is 10. The van der Waals surface area contributed by atoms with Crippen LogP contribution in [-0.4, -0.2) is 78.6 Å². The number of anilines is 1. The van der Waals surface area contributed by atoms with Crippen LogP contribution in [0.4, 0.5) is 5.13 Å². The second-order valence-electron chi connectivity index (χ2n) is 12.3. The Hall–Kier alpha value is -4.89. The number of thiazole rings is 1. The normalized spacial score (nSPS) is 21.9. The molecular formula is C37H34ClN5O7S2. The number of alkyl halides is 1. The lowest BCUT2D eigenvalue weighted by atomic mass is 9.77. The Morgan fingerprint density at radius 3 is 2.17 bits per heavy atom. The number of benzene rings is 3. The summed E-state index contributed by atoms with van der Waals surface area (Å²) in [7, 11) is -1.72. The number of aromatic nitrogens is 1. The summed E-state index contributed by atoms with van der Waals surface area (Å²) in [6.07, 6.45) is 1.62. The van der Waals surface area contributed by atoms with Crippen LogP contribution in [0.25, 0.3) is 0 Å². The summed E-state index contributed by atoms with van der Waals surface area (Å²) in [4.78, 5) is 50.8. The van der Waals surface area contributed by atoms with Gasteiger partial charge in [-0.3, -0.25) is 18.7 Å². The van der Waals surface area contributed by atoms with Gasteiger partial charge in [0.1, 0.15) is 28.3 Å². The summed E-state index contributed by atoms with van der Waals surface area (Å²) in [5.74, 6) is -3.23. The van der Waals surface area contributed by atoms with Gasteiger partial charge in [0.15, 0.2) is 10.8 Å². The Morgan fingerprint density at radius 1 is 1.02 bits per heavy atom. The van der Waals surface area contributed by atoms with Crippen molar-refractivity contribution in [2.75, 3.05) is 23.6 Å². The molecule has 2 saturated heterocycles. The molecule has 4 heterocycles. The maximum absolute atomic E-state index is 14.0. The number of ether oxygens (including phenoxy) is 1. The van der Waals surface area contributed by atoms with Crippen molar-refractivity contribution < 1.29 is 33.3 Å². The largest absolute Gasteiger partial charge is 0.477 e. The lowest BCUT2D eigenvalue weighted by Crippen LogP contribution is -2.74. The molecule has 15 heteroatoms. The number of hydrogen-bond donors (Lipinski definition) is 3. The van der Waals surface area contributed by atoms with Crippen molar-refractivity contribution in [1.29, 1.82) is 0 Å². The van der Waals surface area contributed by atoms with E-state index in [1.54, 1.807) is 5.38 Å². The lowest BCUT2D eigenvalue weighted by molar-refractivity contribution is -0.162. The molecule has 2 amide bonds. The van der Waals surface area contributed by atoms with Crippen molar-refractivity contribution in [2.24, 2.45) is 5.16 Å². The summed E-state index contributed by atoms with van der Waals surface area (Å²) in [5, 5.41) is 21.4. The molecule has 0 spiro atoms. The Labute approximate surface area is 310 Å². The van der Waals surface area contributed by atoms with Crippen molar-refractivity contribution >= 4 is 62.4 Å². The molecule has 3 N–H and O–H groups in total. The molecule has 1 aromatic heterocycles. The highest BCUT2D eigenvalue weighted by Crippen LogP contribution is 2.41. The number of oxime groups is 1. The first-order valence-corrected chi connectivity index (χ1v) is 19.4. The summed E-state index contributed by atoms with van der Waals surface area (Å²) in [6.45, 7) is 0.483. The number of β-lactam (4-membered cyclic amide) rings is 1. The van der Waals surface area contributed by atoms with E-state index in [2.05, 4.69) is 15.8 Å². The molecular weight excluding hydrogens is 726 g/mol. The number of carboxylic acids is 1. The average molecular weight is 760 g/mol. The second-order valence-corrected chi connectivity index (χ2v) is 15.0. The van der Waals surface area contributed by atoms with E-state index < -0.39 is 51.8 Å². The van der Waals surface area contributed by atoms with E-state index in [4.69, 9.17) is 26.2 Å². The lowest BCUT2D eigenvalue weighted by Gasteiger charge is -2.48. The van der Waals surface area contributed by atoms with Gasteiger partial charge in [-0.2, -0.15) is 0 Å². The number of carbonyl (C=O) groups excluding carboxylic acids is 2. The van der Waals surface area contributed by atoms with Crippen LogP contribution < -0.4 is 10.6 Å². The first kappa shape index (κ1) is 35.5. The maximum Gasteiger partial charge on any atom is 0.352 e. The molecule has 52 heavy (non-hydrogen) atoms. The van der Waals surface area contributed by atoms with Gasteiger partial charge in [0.05, 0.1) is 23.2 Å². The summed E-state index contributed by atoms with van der Waals surface area (Å²) in [6, 6.07) is 28.6. The van der Waals surface area contributed by atoms with Crippen LogP contribution in [0.15, 0.2) is 113 Å². The van der Waals surface area contributed by atoms with Gasteiger partial charge in [0.25, 0.3) is 11.8 Å². The minimum absolute atomic E-state index is 0.137. The third kappa shape index (κ3) is 6.74. The first-order valence-electron chi connectivity index (χ1n) is 16.6. The van der Waals surface area contributed by atoms with E-state index >= 15 is 0 Å². The summed E-state index contributed by atoms with van der Waals surface area (Å²) in [5.41, 5.74) is 1.77. The van der Waals surface area contributed by atoms with E-state index in [1.165, 1.54) is 11.3 Å². The van der Waals surface area contributed by atoms with Crippen LogP contribution in [-0.2, 0) is 40.3 Å². The van der Waals surface area contributed by atoms with Crippen LogP contribution in [0, 0.1) is 0 Å². The van der Waals surface area contributed by atoms with Crippen LogP contribution >= 0.6 is 22.9 Å². The number of carboxylic acid groups (broad SMARTS) is 1. The molecule has 3 aliphatic heterocycles. The van der Waals surface area contributed by atoms with E-state index in [1.807, 2.05) is 91.0 Å². The molecule has 3 aliphatic rings. The summed E-state index contributed by atoms with van der Waals surface area (Å²) < 4.78 is 18.8. The Bertz CT molecular complexity index is 1940. The van der Waals surface area contributed by atoms with E-state index in [0.29, 0.717) is 18.2 Å². The standard InChI is InChI=1S/C37H34ClN5O7S2/c38-20-23-22-52(48)34-30(33(45)43(34)31(23)35(46)47)40-32(44)29(42-50-28-18-10-11-19-49-28)27-21-51-36(39-27)41-37(24-12-4-1-5-13-24,25-14-6-2-7-15-25)26-16-8-3-9-17-26/h1-9,12-17,21,28,30,34H,10-11,18-20,22H2,(H,39,41)(H,40,44)(H,46,47)/t28?,30?,34-,52?/m0/s1. The smallest absolute Gasteiger partial charge is 0.352 e. The Balaban J connectivity index is 1.23. The number of fused-ring (bicyclic) bond motifs is 1. The van der Waals surface area contributed by atoms with Gasteiger partial charge in [0.2, 0.25) is 6.29 Å². The third-order valence-corrected chi connectivity index (χ3v) is 11.9. The summed E-state index contributed by atoms with van der Waals surface area (Å²) >= 11 is 7.18. The predicted octanol–water partition coefficient (Wildman–Crippen LogP) is 4.79. The maximum atomic E-state index is 14.0. The topological polar surface area (TPSA) is 160 Å². The van der Waals surface area contributed by atoms with Gasteiger partial charge in [0, 0.05) is 17.7 Å². The molecule has 12 nitrogen and oxygen atoms in total. The molecule has 2 fully saturated rings. The number of halogens is 1. The molecule has 7 rings (SSSR count). The van der Waals surface area contributed by atoms with Gasteiger partial charge in [-0.15, -0.1) is 22.9 Å². The van der Waals surface area contributed by atoms with Crippen LogP contribution in [0.5, 0.6) is 0 Å². The van der Waals surface area contributed by atoms with Crippen molar-refractivity contribution in [1.82, 2.24) is 15.2 Å². The van der Waals surface area contributed by atoms with Gasteiger partial charge < -0.3 is 25.3 Å². The number of nitrogens with zero attached hydrogens (tertiary/aromatic N) is 3. The van der Waals surface area contributed by atoms with Crippen molar-refractivity contribution in [3.8, 4) is 0 Å². The molecule has 4 atom stereocenters. The van der Waals surface area contributed by atoms with Gasteiger partial charge in [-0.05, 0) is 35.1 Å². The molecule has 0 saturated carbocycles. The Kier molecular flexibility index (Phi) is 10.5. The minimum Gasteiger partial charge on any atom is -0.477 e. The minimum atomic E-state index is -1.72. The monoisotopic (exact) mass is 759 g/mol. The first-order chi connectivity index (χ1) is 25.3. The molecule has 4 aromatic rings. The number of rotatable bonds is 12. The number of nitrogens with one attached hydrogen (secondary N) is 2. The predicted molar refractivity (Wildman–Crippen MR) is 197 cm³/mol. The van der Waals surface area contributed by atoms with Crippen molar-refractivity contribution in [3.63, 3.8) is 0 Å². The molecule has 0 radical (unpaired) electrons. The third-order valence-electron chi connectivity index (χ3n) is 9.13. The SMILES string of the molecule is O=C(O)C1=C(CCl)CS(=O)[C@H]2C(NC(=O)C(=NOC3CCCCO3)c3csc(NC(c4ccccc4)(c4ccccc4)c4ccccc4)n3)C(=O)N12. The number of carbonyl (C=O) groups is 3. The fourth-order valence-corrected chi connectivity index (χ4v) is 9.43. The molecule has 3 aromatic carbocycles. The van der Waals surface area contributed by atoms with Crippen LogP contribution in [0.2, 0.25) is 0 Å². The zero-order valence-corrected chi connectivity index (χ0v) is 30.0. The van der Waals surface area contributed by atoms with Gasteiger partial charge >= 0.3 is 5.97 Å². The van der Waals surface area contributed by atoms with E-state index in [0.717, 1.165) is 34.4 Å². The highest BCUT2D eigenvalue weighted by Gasteiger charge is 2.57. The second kappa shape index (κ2) is 15.4. The van der Waals surface area contributed by atoms with Crippen LogP contribution in [0.1, 0.15) is 41.6 Å². The highest BCUT2D eigenvalue weighted by atomic mass is 35.5. The quantitative estimate of drug-likeness (QED) is 0.0607. The van der Waals surface area contributed by atoms with Crippen molar-refractivity contribution in [3.05, 3.63) is 130 Å². The molecule has 0 aliphatic carbocycles. The fraction of sp³-hybridized carbons (Fsp3) is 0.270. The number of aliphatic carboxylic acids is 1. The van der Waals surface area contributed by atoms with E-state index in [-0.39, 0.29) is 34.3 Å². The zero-order valence-electron chi connectivity index (χ0n) is 27.6. The van der Waals surface area contributed by atoms with Gasteiger partial charge in [-0.25, -0.2) is 9.78 Å². The number of amides is 2. The fourth-order valence-electron chi connectivity index (χ4n) is 6.66. The average Bonchev–Trinajstić information content (AvgIpc) is 3.64. The highest BCUT2D eigenvalue weighted by molar-refractivity contribution is 7.86. The van der Waals surface area contributed by atoms with Crippen molar-refractivity contribution in [2.45, 2.75) is 42.5 Å². The Morgan fingerprint density at radius 2 is 1.63 bits per heavy atom. The molecule has 268 valence electrons. The van der Waals surface area contributed by atoms with E-state index in [9.17, 15) is 23.7 Å². The molecule has 3 unspecified atom stereocenters. The zero-order chi connectivity index (χ0) is 36.2. The van der Waals surface area contributed by atoms with Gasteiger partial charge in [-0.1, -0.05) is 96.2 Å². The molecule has 0 bridgehead atoms. The van der Waals surface area contributed by atoms with Crippen LogP contribution in [0.3, 0.4) is 0 Å².